The van der Waals surface area contributed by atoms with Crippen LogP contribution in [0.25, 0.3) is 0 Å². The number of hydrogen-bond acceptors (Lipinski definition) is 4. The molecular formula is C23H26F2N2O3. The third-order valence-electron chi connectivity index (χ3n) is 5.11. The third kappa shape index (κ3) is 6.45. The molecule has 0 atom stereocenters. The number of carbonyl (C=O) groups is 1. The fraction of sp³-hybridized carbons (Fsp3) is 0.348. The molecule has 30 heavy (non-hydrogen) atoms. The second kappa shape index (κ2) is 11.0. The van der Waals surface area contributed by atoms with Gasteiger partial charge in [0, 0.05) is 32.7 Å². The molecule has 1 aliphatic heterocycles. The average Bonchev–Trinajstić information content (AvgIpc) is 2.74. The summed E-state index contributed by atoms with van der Waals surface area (Å²) >= 11 is 0. The number of benzene rings is 2. The lowest BCUT2D eigenvalue weighted by molar-refractivity contribution is -0.141. The van der Waals surface area contributed by atoms with Crippen LogP contribution in [-0.4, -0.2) is 66.8 Å². The molecule has 0 amide bonds. The molecule has 1 saturated heterocycles. The van der Waals surface area contributed by atoms with E-state index in [1.54, 1.807) is 24.3 Å². The van der Waals surface area contributed by atoms with Gasteiger partial charge in [0.15, 0.2) is 0 Å². The normalized spacial score (nSPS) is 15.8. The van der Waals surface area contributed by atoms with Crippen molar-refractivity contribution in [3.8, 4) is 0 Å². The van der Waals surface area contributed by atoms with Crippen molar-refractivity contribution in [2.75, 3.05) is 45.9 Å². The summed E-state index contributed by atoms with van der Waals surface area (Å²) in [6.07, 6.45) is 3.81. The summed E-state index contributed by atoms with van der Waals surface area (Å²) in [5.41, 5.74) is 1.96. The van der Waals surface area contributed by atoms with Gasteiger partial charge in [-0.15, -0.1) is 0 Å². The van der Waals surface area contributed by atoms with Gasteiger partial charge in [-0.2, -0.15) is 0 Å². The summed E-state index contributed by atoms with van der Waals surface area (Å²) in [5, 5.41) is 8.54. The van der Waals surface area contributed by atoms with E-state index in [1.807, 2.05) is 12.2 Å². The largest absolute Gasteiger partial charge is 0.480 e. The van der Waals surface area contributed by atoms with Crippen LogP contribution in [0.4, 0.5) is 8.78 Å². The zero-order valence-corrected chi connectivity index (χ0v) is 16.7. The molecule has 0 unspecified atom stereocenters. The van der Waals surface area contributed by atoms with E-state index in [0.29, 0.717) is 0 Å². The molecule has 2 aromatic carbocycles. The molecule has 1 N–H and O–H groups in total. The zero-order valence-electron chi connectivity index (χ0n) is 16.7. The van der Waals surface area contributed by atoms with Crippen LogP contribution in [0.2, 0.25) is 0 Å². The first-order valence-corrected chi connectivity index (χ1v) is 9.95. The summed E-state index contributed by atoms with van der Waals surface area (Å²) < 4.78 is 31.8. The second-order valence-corrected chi connectivity index (χ2v) is 7.22. The van der Waals surface area contributed by atoms with E-state index in [4.69, 9.17) is 9.84 Å². The van der Waals surface area contributed by atoms with Gasteiger partial charge >= 0.3 is 5.97 Å². The molecule has 160 valence electrons. The number of halogens is 2. The number of hydrogen-bond donors (Lipinski definition) is 1. The molecule has 3 rings (SSSR count). The summed E-state index contributed by atoms with van der Waals surface area (Å²) in [6, 6.07) is 12.9. The van der Waals surface area contributed by atoms with Gasteiger partial charge in [-0.25, -0.2) is 13.6 Å². The molecule has 1 aliphatic rings. The molecule has 0 saturated carbocycles. The van der Waals surface area contributed by atoms with Crippen molar-refractivity contribution in [2.24, 2.45) is 0 Å². The molecule has 7 heteroatoms. The Labute approximate surface area is 175 Å². The smallest absolute Gasteiger partial charge is 0.329 e. The Morgan fingerprint density at radius 1 is 0.933 bits per heavy atom. The molecule has 5 nitrogen and oxygen atoms in total. The van der Waals surface area contributed by atoms with Crippen LogP contribution in [0, 0.1) is 11.6 Å². The lowest BCUT2D eigenvalue weighted by atomic mass is 9.96. The van der Waals surface area contributed by atoms with E-state index < -0.39 is 5.97 Å². The Bertz CT molecular complexity index is 787. The van der Waals surface area contributed by atoms with Crippen molar-refractivity contribution in [3.63, 3.8) is 0 Å². The SMILES string of the molecule is O=C(O)COC/C=C/CN1CCN(C(c2ccc(F)cc2)c2ccc(F)cc2)CC1. The lowest BCUT2D eigenvalue weighted by Gasteiger charge is -2.39. The highest BCUT2D eigenvalue weighted by atomic mass is 19.1. The van der Waals surface area contributed by atoms with Crippen LogP contribution >= 0.6 is 0 Å². The van der Waals surface area contributed by atoms with E-state index in [2.05, 4.69) is 9.80 Å². The van der Waals surface area contributed by atoms with Gasteiger partial charge in [0.1, 0.15) is 18.2 Å². The average molecular weight is 416 g/mol. The topological polar surface area (TPSA) is 53.0 Å². The van der Waals surface area contributed by atoms with Crippen molar-refractivity contribution in [1.82, 2.24) is 9.80 Å². The number of aliphatic carboxylic acids is 1. The monoisotopic (exact) mass is 416 g/mol. The maximum atomic E-state index is 13.4. The summed E-state index contributed by atoms with van der Waals surface area (Å²) in [7, 11) is 0. The number of piperazine rings is 1. The Morgan fingerprint density at radius 2 is 1.47 bits per heavy atom. The minimum absolute atomic E-state index is 0.0617. The van der Waals surface area contributed by atoms with E-state index >= 15 is 0 Å². The third-order valence-corrected chi connectivity index (χ3v) is 5.11. The Morgan fingerprint density at radius 3 is 1.97 bits per heavy atom. The van der Waals surface area contributed by atoms with Gasteiger partial charge < -0.3 is 9.84 Å². The van der Waals surface area contributed by atoms with Gasteiger partial charge in [-0.3, -0.25) is 9.80 Å². The van der Waals surface area contributed by atoms with Crippen LogP contribution in [0.5, 0.6) is 0 Å². The highest BCUT2D eigenvalue weighted by Gasteiger charge is 2.26. The first-order chi connectivity index (χ1) is 14.5. The van der Waals surface area contributed by atoms with Crippen LogP contribution in [0.3, 0.4) is 0 Å². The highest BCUT2D eigenvalue weighted by molar-refractivity contribution is 5.68. The minimum atomic E-state index is -0.976. The van der Waals surface area contributed by atoms with Gasteiger partial charge in [0.25, 0.3) is 0 Å². The lowest BCUT2D eigenvalue weighted by Crippen LogP contribution is -2.47. The van der Waals surface area contributed by atoms with Crippen LogP contribution in [0.1, 0.15) is 17.2 Å². The molecule has 0 aromatic heterocycles. The number of rotatable bonds is 9. The molecule has 2 aromatic rings. The van der Waals surface area contributed by atoms with E-state index in [-0.39, 0.29) is 30.9 Å². The summed E-state index contributed by atoms with van der Waals surface area (Å²) in [4.78, 5) is 15.0. The fourth-order valence-electron chi connectivity index (χ4n) is 3.61. The summed E-state index contributed by atoms with van der Waals surface area (Å²) in [6.45, 7) is 4.12. The maximum absolute atomic E-state index is 13.4. The van der Waals surface area contributed by atoms with Gasteiger partial charge in [-0.05, 0) is 35.4 Å². The van der Waals surface area contributed by atoms with Crippen molar-refractivity contribution >= 4 is 5.97 Å². The minimum Gasteiger partial charge on any atom is -0.480 e. The Balaban J connectivity index is 1.60. The molecule has 1 heterocycles. The van der Waals surface area contributed by atoms with Crippen molar-refractivity contribution in [3.05, 3.63) is 83.4 Å². The van der Waals surface area contributed by atoms with Crippen LogP contribution < -0.4 is 0 Å². The molecular weight excluding hydrogens is 390 g/mol. The fourth-order valence-corrected chi connectivity index (χ4v) is 3.61. The van der Waals surface area contributed by atoms with Gasteiger partial charge in [0.2, 0.25) is 0 Å². The first-order valence-electron chi connectivity index (χ1n) is 9.95. The van der Waals surface area contributed by atoms with E-state index in [9.17, 15) is 13.6 Å². The van der Waals surface area contributed by atoms with Crippen molar-refractivity contribution < 1.29 is 23.4 Å². The predicted octanol–water partition coefficient (Wildman–Crippen LogP) is 3.33. The summed E-state index contributed by atoms with van der Waals surface area (Å²) in [5.74, 6) is -1.53. The first kappa shape index (κ1) is 22.1. The molecule has 0 aliphatic carbocycles. The van der Waals surface area contributed by atoms with Crippen LogP contribution in [0.15, 0.2) is 60.7 Å². The van der Waals surface area contributed by atoms with Gasteiger partial charge in [0.05, 0.1) is 12.6 Å². The Kier molecular flexibility index (Phi) is 8.07. The second-order valence-electron chi connectivity index (χ2n) is 7.22. The molecule has 0 spiro atoms. The van der Waals surface area contributed by atoms with Crippen molar-refractivity contribution in [2.45, 2.75) is 6.04 Å². The standard InChI is InChI=1S/C23H26F2N2O3/c24-20-7-3-18(4-8-20)23(19-5-9-21(25)10-6-19)27-14-12-26(13-15-27)11-1-2-16-30-17-22(28)29/h1-10,23H,11-17H2,(H,28,29)/b2-1+. The molecule has 0 bridgehead atoms. The number of ether oxygens (including phenoxy) is 1. The van der Waals surface area contributed by atoms with E-state index in [1.165, 1.54) is 24.3 Å². The molecule has 1 fully saturated rings. The van der Waals surface area contributed by atoms with Crippen molar-refractivity contribution in [1.29, 1.82) is 0 Å². The number of carboxylic acids is 1. The highest BCUT2D eigenvalue weighted by Crippen LogP contribution is 2.30. The van der Waals surface area contributed by atoms with Crippen LogP contribution in [-0.2, 0) is 9.53 Å². The number of nitrogens with zero attached hydrogens (tertiary/aromatic N) is 2. The number of carboxylic acid groups (broad SMARTS) is 1. The predicted molar refractivity (Wildman–Crippen MR) is 110 cm³/mol. The quantitative estimate of drug-likeness (QED) is 0.502. The maximum Gasteiger partial charge on any atom is 0.329 e. The zero-order chi connectivity index (χ0) is 21.3. The van der Waals surface area contributed by atoms with E-state index in [0.717, 1.165) is 43.9 Å². The molecule has 0 radical (unpaired) electrons. The van der Waals surface area contributed by atoms with Gasteiger partial charge in [-0.1, -0.05) is 36.4 Å². The Hall–Kier alpha value is -2.61.